The molecule has 2 aromatic carbocycles. The van der Waals surface area contributed by atoms with E-state index in [1.807, 2.05) is 0 Å². The summed E-state index contributed by atoms with van der Waals surface area (Å²) < 4.78 is 3.63. The quantitative estimate of drug-likeness (QED) is 0.275. The Balaban J connectivity index is 1.98. The molecule has 0 saturated heterocycles. The summed E-state index contributed by atoms with van der Waals surface area (Å²) in [4.78, 5) is 23.1. The van der Waals surface area contributed by atoms with Gasteiger partial charge >= 0.3 is 0 Å². The molecule has 0 aliphatic rings. The first-order valence-corrected chi connectivity index (χ1v) is 9.02. The summed E-state index contributed by atoms with van der Waals surface area (Å²) in [5, 5.41) is 15.9. The summed E-state index contributed by atoms with van der Waals surface area (Å²) in [5.41, 5.74) is 3.07. The van der Waals surface area contributed by atoms with Gasteiger partial charge in [-0.3, -0.25) is 9.59 Å². The maximum Gasteiger partial charge on any atom is 0.275 e. The number of nitrogens with one attached hydrogen (secondary N) is 2. The number of rotatable bonds is 6. The van der Waals surface area contributed by atoms with Gasteiger partial charge in [0.15, 0.2) is 0 Å². The zero-order valence-electron chi connectivity index (χ0n) is 14.5. The number of para-hydroxylation sites is 1. The second-order valence-corrected chi connectivity index (χ2v) is 7.89. The van der Waals surface area contributed by atoms with Crippen LogP contribution in [-0.4, -0.2) is 33.2 Å². The number of phenolic OH excluding ortho intramolecular Hbond substituents is 1. The minimum atomic E-state index is -1.86. The number of hydrogen-bond acceptors (Lipinski definition) is 5. The van der Waals surface area contributed by atoms with Crippen molar-refractivity contribution in [1.82, 2.24) is 10.7 Å². The van der Waals surface area contributed by atoms with Crippen LogP contribution in [0.3, 0.4) is 0 Å². The second kappa shape index (κ2) is 9.64. The highest BCUT2D eigenvalue weighted by Crippen LogP contribution is 2.32. The van der Waals surface area contributed by atoms with Gasteiger partial charge in [0.2, 0.25) is 15.9 Å². The Labute approximate surface area is 176 Å². The lowest BCUT2D eigenvalue weighted by molar-refractivity contribution is -0.121. The molecule has 2 rings (SSSR count). The van der Waals surface area contributed by atoms with E-state index in [1.165, 1.54) is 25.3 Å². The Bertz CT molecular complexity index is 867. The van der Waals surface area contributed by atoms with Crippen LogP contribution in [0.15, 0.2) is 53.6 Å². The Morgan fingerprint density at radius 2 is 1.79 bits per heavy atom. The molecule has 148 valence electrons. The summed E-state index contributed by atoms with van der Waals surface area (Å²) >= 11 is 17.4. The number of ether oxygens (including phenoxy) is 1. The van der Waals surface area contributed by atoms with Gasteiger partial charge in [0.05, 0.1) is 11.8 Å². The van der Waals surface area contributed by atoms with Crippen molar-refractivity contribution in [3.8, 4) is 11.5 Å². The predicted octanol–water partition coefficient (Wildman–Crippen LogP) is 3.37. The van der Waals surface area contributed by atoms with Crippen LogP contribution in [0.4, 0.5) is 0 Å². The molecule has 0 unspecified atom stereocenters. The third-order valence-electron chi connectivity index (χ3n) is 3.29. The van der Waals surface area contributed by atoms with E-state index in [0.717, 1.165) is 0 Å². The van der Waals surface area contributed by atoms with Gasteiger partial charge in [-0.05, 0) is 42.0 Å². The third kappa shape index (κ3) is 6.60. The van der Waals surface area contributed by atoms with Crippen molar-refractivity contribution in [3.05, 3.63) is 59.7 Å². The van der Waals surface area contributed by atoms with E-state index >= 15 is 0 Å². The van der Waals surface area contributed by atoms with Crippen molar-refractivity contribution in [2.24, 2.45) is 5.10 Å². The number of hydrogen-bond donors (Lipinski definition) is 3. The molecule has 0 heterocycles. The maximum atomic E-state index is 11.9. The smallest absolute Gasteiger partial charge is 0.275 e. The predicted molar refractivity (Wildman–Crippen MR) is 108 cm³/mol. The number of phenols is 1. The van der Waals surface area contributed by atoms with Gasteiger partial charge in [0, 0.05) is 6.92 Å². The van der Waals surface area contributed by atoms with Crippen LogP contribution < -0.4 is 15.5 Å². The molecule has 0 radical (unpaired) electrons. The van der Waals surface area contributed by atoms with Crippen molar-refractivity contribution < 1.29 is 19.4 Å². The fourth-order valence-corrected chi connectivity index (χ4v) is 2.32. The molecule has 3 N–H and O–H groups in total. The van der Waals surface area contributed by atoms with Crippen LogP contribution in [0, 0.1) is 0 Å². The van der Waals surface area contributed by atoms with Gasteiger partial charge in [-0.15, -0.1) is 0 Å². The van der Waals surface area contributed by atoms with Gasteiger partial charge < -0.3 is 15.2 Å². The van der Waals surface area contributed by atoms with E-state index in [0.29, 0.717) is 11.3 Å². The average Bonchev–Trinajstić information content (AvgIpc) is 2.61. The van der Waals surface area contributed by atoms with Gasteiger partial charge in [0.1, 0.15) is 11.5 Å². The van der Waals surface area contributed by atoms with Crippen molar-refractivity contribution in [1.29, 1.82) is 0 Å². The van der Waals surface area contributed by atoms with Crippen LogP contribution >= 0.6 is 34.8 Å². The molecule has 0 aliphatic heterocycles. The molecule has 0 bridgehead atoms. The van der Waals surface area contributed by atoms with Crippen molar-refractivity contribution >= 4 is 52.8 Å². The number of alkyl halides is 3. The molecule has 0 aliphatic carbocycles. The van der Waals surface area contributed by atoms with Crippen molar-refractivity contribution in [3.63, 3.8) is 0 Å². The van der Waals surface area contributed by atoms with E-state index in [9.17, 15) is 14.7 Å². The fourth-order valence-electron chi connectivity index (χ4n) is 2.02. The standard InChI is InChI=1S/C18H16Cl3N3O4/c1-11(25)23-17(18(19,20)21)28-13-8-6-12(7-9-13)10-22-24-16(27)14-4-2-3-5-15(14)26/h2-10,17,26H,1H3,(H,23,25)(H,24,27)/b22-10-/t17-/m1/s1. The maximum absolute atomic E-state index is 11.9. The molecule has 0 aromatic heterocycles. The molecule has 0 fully saturated rings. The summed E-state index contributed by atoms with van der Waals surface area (Å²) in [7, 11) is 0. The lowest BCUT2D eigenvalue weighted by atomic mass is 10.2. The van der Waals surface area contributed by atoms with Crippen LogP contribution in [0.1, 0.15) is 22.8 Å². The molecule has 28 heavy (non-hydrogen) atoms. The largest absolute Gasteiger partial charge is 0.507 e. The topological polar surface area (TPSA) is 100 Å². The molecule has 2 amide bonds. The highest BCUT2D eigenvalue weighted by atomic mass is 35.6. The van der Waals surface area contributed by atoms with Gasteiger partial charge in [-0.25, -0.2) is 5.43 Å². The molecule has 0 saturated carbocycles. The first kappa shape index (κ1) is 21.8. The van der Waals surface area contributed by atoms with Gasteiger partial charge in [-0.2, -0.15) is 5.10 Å². The Kier molecular flexibility index (Phi) is 7.51. The Morgan fingerprint density at radius 1 is 1.14 bits per heavy atom. The summed E-state index contributed by atoms with van der Waals surface area (Å²) in [6, 6.07) is 12.6. The minimum absolute atomic E-state index is 0.110. The van der Waals surface area contributed by atoms with Crippen LogP contribution in [-0.2, 0) is 4.79 Å². The second-order valence-electron chi connectivity index (χ2n) is 5.53. The number of amides is 2. The van der Waals surface area contributed by atoms with Crippen molar-refractivity contribution in [2.75, 3.05) is 0 Å². The molecular weight excluding hydrogens is 429 g/mol. The number of hydrazone groups is 1. The average molecular weight is 445 g/mol. The normalized spacial score (nSPS) is 12.4. The zero-order valence-corrected chi connectivity index (χ0v) is 16.8. The first-order valence-electron chi connectivity index (χ1n) is 7.89. The number of carbonyl (C=O) groups is 2. The number of benzene rings is 2. The SMILES string of the molecule is CC(=O)N[C@H](Oc1ccc(/C=N\NC(=O)c2ccccc2O)cc1)C(Cl)(Cl)Cl. The summed E-state index contributed by atoms with van der Waals surface area (Å²) in [6.07, 6.45) is 0.231. The van der Waals surface area contributed by atoms with Gasteiger partial charge in [-0.1, -0.05) is 46.9 Å². The van der Waals surface area contributed by atoms with Crippen LogP contribution in [0.25, 0.3) is 0 Å². The van der Waals surface area contributed by atoms with E-state index in [4.69, 9.17) is 39.5 Å². The summed E-state index contributed by atoms with van der Waals surface area (Å²) in [6.45, 7) is 1.27. The fraction of sp³-hybridized carbons (Fsp3) is 0.167. The molecule has 2 aromatic rings. The van der Waals surface area contributed by atoms with E-state index < -0.39 is 21.8 Å². The lowest BCUT2D eigenvalue weighted by Crippen LogP contribution is -2.47. The zero-order chi connectivity index (χ0) is 20.7. The third-order valence-corrected chi connectivity index (χ3v) is 3.89. The monoisotopic (exact) mass is 443 g/mol. The first-order chi connectivity index (χ1) is 13.2. The Morgan fingerprint density at radius 3 is 2.36 bits per heavy atom. The molecule has 1 atom stereocenters. The number of carbonyl (C=O) groups excluding carboxylic acids is 2. The molecule has 7 nitrogen and oxygen atoms in total. The number of aromatic hydroxyl groups is 1. The number of nitrogens with zero attached hydrogens (tertiary/aromatic N) is 1. The Hall–Kier alpha value is -2.48. The lowest BCUT2D eigenvalue weighted by Gasteiger charge is -2.25. The summed E-state index contributed by atoms with van der Waals surface area (Å²) in [5.74, 6) is -0.754. The molecule has 0 spiro atoms. The minimum Gasteiger partial charge on any atom is -0.507 e. The molecular formula is C18H16Cl3N3O4. The van der Waals surface area contributed by atoms with Crippen LogP contribution in [0.2, 0.25) is 0 Å². The van der Waals surface area contributed by atoms with E-state index in [-0.39, 0.29) is 11.3 Å². The van der Waals surface area contributed by atoms with E-state index in [1.54, 1.807) is 36.4 Å². The highest BCUT2D eigenvalue weighted by Gasteiger charge is 2.35. The molecule has 10 heteroatoms. The number of halogens is 3. The van der Waals surface area contributed by atoms with Crippen molar-refractivity contribution in [2.45, 2.75) is 16.9 Å². The highest BCUT2D eigenvalue weighted by molar-refractivity contribution is 6.68. The van der Waals surface area contributed by atoms with Gasteiger partial charge in [0.25, 0.3) is 5.91 Å². The van der Waals surface area contributed by atoms with E-state index in [2.05, 4.69) is 15.8 Å². The van der Waals surface area contributed by atoms with Crippen LogP contribution in [0.5, 0.6) is 11.5 Å².